The van der Waals surface area contributed by atoms with Gasteiger partial charge in [-0.15, -0.1) is 0 Å². The standard InChI is InChI=1S/C9H9N3S/c1-6-8(12-9(13)11-6)7-3-2-4-10-5-7/h2-5H,1H3,(H2,11,12,13). The third-order valence-corrected chi connectivity index (χ3v) is 2.07. The van der Waals surface area contributed by atoms with Gasteiger partial charge in [-0.05, 0) is 31.3 Å². The molecule has 0 spiro atoms. The SMILES string of the molecule is Cc1[nH]c(=S)[nH]c1-c1cccnc1. The molecule has 0 saturated carbocycles. The van der Waals surface area contributed by atoms with Gasteiger partial charge in [0.15, 0.2) is 4.77 Å². The molecular weight excluding hydrogens is 182 g/mol. The molecule has 0 aromatic carbocycles. The lowest BCUT2D eigenvalue weighted by Gasteiger charge is -1.96. The average Bonchev–Trinajstić information content (AvgIpc) is 2.47. The highest BCUT2D eigenvalue weighted by molar-refractivity contribution is 7.71. The van der Waals surface area contributed by atoms with Crippen LogP contribution in [0.1, 0.15) is 5.69 Å². The monoisotopic (exact) mass is 191 g/mol. The number of hydrogen-bond acceptors (Lipinski definition) is 2. The third-order valence-electron chi connectivity index (χ3n) is 1.86. The Morgan fingerprint density at radius 3 is 2.77 bits per heavy atom. The maximum Gasteiger partial charge on any atom is 0.175 e. The molecule has 2 N–H and O–H groups in total. The lowest BCUT2D eigenvalue weighted by Crippen LogP contribution is -1.81. The minimum atomic E-state index is 0.649. The fourth-order valence-corrected chi connectivity index (χ4v) is 1.53. The maximum atomic E-state index is 4.99. The first kappa shape index (κ1) is 8.19. The fraction of sp³-hybridized carbons (Fsp3) is 0.111. The normalized spacial score (nSPS) is 10.2. The van der Waals surface area contributed by atoms with Crippen molar-refractivity contribution >= 4 is 12.2 Å². The van der Waals surface area contributed by atoms with Crippen molar-refractivity contribution in [1.82, 2.24) is 15.0 Å². The van der Waals surface area contributed by atoms with Crippen molar-refractivity contribution in [2.24, 2.45) is 0 Å². The Morgan fingerprint density at radius 2 is 2.23 bits per heavy atom. The van der Waals surface area contributed by atoms with E-state index in [9.17, 15) is 0 Å². The largest absolute Gasteiger partial charge is 0.334 e. The second-order valence-corrected chi connectivity index (χ2v) is 3.23. The predicted octanol–water partition coefficient (Wildman–Crippen LogP) is 2.44. The van der Waals surface area contributed by atoms with E-state index in [1.165, 1.54) is 0 Å². The smallest absolute Gasteiger partial charge is 0.175 e. The van der Waals surface area contributed by atoms with Crippen LogP contribution in [0.3, 0.4) is 0 Å². The molecular formula is C9H9N3S. The molecule has 0 radical (unpaired) electrons. The van der Waals surface area contributed by atoms with Gasteiger partial charge in [-0.2, -0.15) is 0 Å². The topological polar surface area (TPSA) is 44.5 Å². The predicted molar refractivity (Wildman–Crippen MR) is 53.9 cm³/mol. The van der Waals surface area contributed by atoms with E-state index in [0.29, 0.717) is 4.77 Å². The van der Waals surface area contributed by atoms with Crippen LogP contribution >= 0.6 is 12.2 Å². The van der Waals surface area contributed by atoms with Gasteiger partial charge < -0.3 is 9.97 Å². The maximum absolute atomic E-state index is 4.99. The molecule has 0 atom stereocenters. The Kier molecular flexibility index (Phi) is 1.98. The van der Waals surface area contributed by atoms with E-state index < -0.39 is 0 Å². The van der Waals surface area contributed by atoms with Crippen molar-refractivity contribution in [3.05, 3.63) is 35.0 Å². The molecule has 13 heavy (non-hydrogen) atoms. The van der Waals surface area contributed by atoms with Crippen LogP contribution in [0.25, 0.3) is 11.3 Å². The summed E-state index contributed by atoms with van der Waals surface area (Å²) in [6.07, 6.45) is 3.56. The molecule has 0 aliphatic rings. The van der Waals surface area contributed by atoms with E-state index in [2.05, 4.69) is 15.0 Å². The summed E-state index contributed by atoms with van der Waals surface area (Å²) in [5.41, 5.74) is 3.10. The highest BCUT2D eigenvalue weighted by atomic mass is 32.1. The summed E-state index contributed by atoms with van der Waals surface area (Å²) in [4.78, 5) is 10.2. The number of aryl methyl sites for hydroxylation is 1. The zero-order valence-corrected chi connectivity index (χ0v) is 7.98. The van der Waals surface area contributed by atoms with Crippen molar-refractivity contribution < 1.29 is 0 Å². The minimum absolute atomic E-state index is 0.649. The van der Waals surface area contributed by atoms with Crippen LogP contribution in [0.2, 0.25) is 0 Å². The van der Waals surface area contributed by atoms with E-state index in [1.807, 2.05) is 19.1 Å². The van der Waals surface area contributed by atoms with Gasteiger partial charge in [0.05, 0.1) is 5.69 Å². The first-order valence-electron chi connectivity index (χ1n) is 3.96. The number of rotatable bonds is 1. The molecule has 0 bridgehead atoms. The lowest BCUT2D eigenvalue weighted by molar-refractivity contribution is 1.22. The Morgan fingerprint density at radius 1 is 1.38 bits per heavy atom. The molecule has 4 heteroatoms. The van der Waals surface area contributed by atoms with Gasteiger partial charge in [0.1, 0.15) is 0 Å². The van der Waals surface area contributed by atoms with Crippen molar-refractivity contribution in [2.45, 2.75) is 6.92 Å². The van der Waals surface area contributed by atoms with Gasteiger partial charge in [0, 0.05) is 23.7 Å². The molecule has 66 valence electrons. The number of nitrogens with zero attached hydrogens (tertiary/aromatic N) is 1. The summed E-state index contributed by atoms with van der Waals surface area (Å²) in [5, 5.41) is 0. The Hall–Kier alpha value is -1.42. The zero-order valence-electron chi connectivity index (χ0n) is 7.16. The summed E-state index contributed by atoms with van der Waals surface area (Å²) in [7, 11) is 0. The Balaban J connectivity index is 2.59. The summed E-state index contributed by atoms with van der Waals surface area (Å²) in [6.45, 7) is 1.98. The molecule has 2 aromatic heterocycles. The van der Waals surface area contributed by atoms with Crippen molar-refractivity contribution in [3.63, 3.8) is 0 Å². The van der Waals surface area contributed by atoms with E-state index in [-0.39, 0.29) is 0 Å². The van der Waals surface area contributed by atoms with Crippen molar-refractivity contribution in [2.75, 3.05) is 0 Å². The second kappa shape index (κ2) is 3.14. The quantitative estimate of drug-likeness (QED) is 0.680. The summed E-state index contributed by atoms with van der Waals surface area (Å²) < 4.78 is 0.649. The lowest BCUT2D eigenvalue weighted by atomic mass is 10.2. The number of H-pyrrole nitrogens is 2. The highest BCUT2D eigenvalue weighted by Crippen LogP contribution is 2.18. The van der Waals surface area contributed by atoms with Crippen LogP contribution in [0, 0.1) is 11.7 Å². The number of imidazole rings is 1. The van der Waals surface area contributed by atoms with Crippen LogP contribution in [0.5, 0.6) is 0 Å². The first-order chi connectivity index (χ1) is 6.27. The molecule has 0 saturated heterocycles. The molecule has 0 aliphatic carbocycles. The molecule has 0 fully saturated rings. The molecule has 2 heterocycles. The molecule has 0 amide bonds. The molecule has 0 unspecified atom stereocenters. The van der Waals surface area contributed by atoms with Crippen molar-refractivity contribution in [1.29, 1.82) is 0 Å². The van der Waals surface area contributed by atoms with Gasteiger partial charge in [-0.25, -0.2) is 0 Å². The van der Waals surface area contributed by atoms with Gasteiger partial charge >= 0.3 is 0 Å². The van der Waals surface area contributed by atoms with Gasteiger partial charge in [0.25, 0.3) is 0 Å². The van der Waals surface area contributed by atoms with Crippen LogP contribution in [-0.2, 0) is 0 Å². The van der Waals surface area contributed by atoms with Crippen LogP contribution in [0.15, 0.2) is 24.5 Å². The fourth-order valence-electron chi connectivity index (χ4n) is 1.27. The van der Waals surface area contributed by atoms with Gasteiger partial charge in [-0.3, -0.25) is 4.98 Å². The van der Waals surface area contributed by atoms with Gasteiger partial charge in [-0.1, -0.05) is 0 Å². The van der Waals surface area contributed by atoms with Crippen LogP contribution in [-0.4, -0.2) is 15.0 Å². The average molecular weight is 191 g/mol. The number of aromatic nitrogens is 3. The van der Waals surface area contributed by atoms with Crippen LogP contribution < -0.4 is 0 Å². The third kappa shape index (κ3) is 1.53. The number of aromatic amines is 2. The zero-order chi connectivity index (χ0) is 9.26. The molecule has 2 rings (SSSR count). The number of hydrogen-bond donors (Lipinski definition) is 2. The van der Waals surface area contributed by atoms with Crippen LogP contribution in [0.4, 0.5) is 0 Å². The summed E-state index contributed by atoms with van der Waals surface area (Å²) in [5.74, 6) is 0. The Labute approximate surface area is 80.9 Å². The van der Waals surface area contributed by atoms with Crippen molar-refractivity contribution in [3.8, 4) is 11.3 Å². The molecule has 0 aliphatic heterocycles. The van der Waals surface area contributed by atoms with E-state index in [0.717, 1.165) is 17.0 Å². The molecule has 2 aromatic rings. The number of nitrogens with one attached hydrogen (secondary N) is 2. The van der Waals surface area contributed by atoms with Gasteiger partial charge in [0.2, 0.25) is 0 Å². The van der Waals surface area contributed by atoms with E-state index >= 15 is 0 Å². The molecule has 3 nitrogen and oxygen atoms in total. The highest BCUT2D eigenvalue weighted by Gasteiger charge is 2.02. The number of pyridine rings is 1. The summed E-state index contributed by atoms with van der Waals surface area (Å²) in [6, 6.07) is 3.90. The van der Waals surface area contributed by atoms with E-state index in [1.54, 1.807) is 12.4 Å². The minimum Gasteiger partial charge on any atom is -0.334 e. The Bertz CT molecular complexity index is 455. The van der Waals surface area contributed by atoms with E-state index in [4.69, 9.17) is 12.2 Å². The second-order valence-electron chi connectivity index (χ2n) is 2.82. The summed E-state index contributed by atoms with van der Waals surface area (Å²) >= 11 is 4.99. The first-order valence-corrected chi connectivity index (χ1v) is 4.37.